The number of aryl methyl sites for hydroxylation is 1. The first-order chi connectivity index (χ1) is 9.78. The molecule has 0 saturated heterocycles. The zero-order valence-corrected chi connectivity index (χ0v) is 11.9. The van der Waals surface area contributed by atoms with Gasteiger partial charge in [-0.15, -0.1) is 0 Å². The summed E-state index contributed by atoms with van der Waals surface area (Å²) in [6.45, 7) is 0. The molecule has 0 aliphatic carbocycles. The third-order valence-electron chi connectivity index (χ3n) is 3.77. The number of nitrogens with zero attached hydrogens (tertiary/aromatic N) is 2. The summed E-state index contributed by atoms with van der Waals surface area (Å²) in [6, 6.07) is 15.4. The summed E-state index contributed by atoms with van der Waals surface area (Å²) >= 11 is 0. The molecule has 1 atom stereocenters. The molecule has 102 valence electrons. The summed E-state index contributed by atoms with van der Waals surface area (Å²) < 4.78 is 2.07. The Hall–Kier alpha value is -2.13. The Balaban J connectivity index is 1.89. The molecule has 0 radical (unpaired) electrons. The molecule has 3 nitrogen and oxygen atoms in total. The van der Waals surface area contributed by atoms with E-state index in [1.165, 1.54) is 16.3 Å². The fourth-order valence-corrected chi connectivity index (χ4v) is 2.64. The van der Waals surface area contributed by atoms with Crippen molar-refractivity contribution in [2.45, 2.75) is 12.5 Å². The summed E-state index contributed by atoms with van der Waals surface area (Å²) in [5.74, 6) is 1.07. The van der Waals surface area contributed by atoms with Gasteiger partial charge in [0.25, 0.3) is 0 Å². The Labute approximate surface area is 119 Å². The number of likely N-dealkylation sites (N-methyl/N-ethyl adjacent to an activating group) is 1. The van der Waals surface area contributed by atoms with Crippen molar-refractivity contribution >= 4 is 10.8 Å². The normalized spacial score (nSPS) is 12.7. The van der Waals surface area contributed by atoms with Gasteiger partial charge in [-0.25, -0.2) is 4.98 Å². The first-order valence-corrected chi connectivity index (χ1v) is 6.90. The Morgan fingerprint density at radius 1 is 1.15 bits per heavy atom. The van der Waals surface area contributed by atoms with Gasteiger partial charge in [-0.3, -0.25) is 0 Å². The number of imidazole rings is 1. The highest BCUT2D eigenvalue weighted by Crippen LogP contribution is 2.20. The van der Waals surface area contributed by atoms with Crippen LogP contribution in [-0.2, 0) is 13.5 Å². The van der Waals surface area contributed by atoms with E-state index in [4.69, 9.17) is 0 Å². The van der Waals surface area contributed by atoms with Gasteiger partial charge in [0, 0.05) is 19.4 Å². The average Bonchev–Trinajstić information content (AvgIpc) is 2.91. The minimum atomic E-state index is 0.233. The lowest BCUT2D eigenvalue weighted by molar-refractivity contribution is 0.538. The van der Waals surface area contributed by atoms with Gasteiger partial charge in [0.05, 0.1) is 6.04 Å². The number of aromatic nitrogens is 2. The van der Waals surface area contributed by atoms with Crippen LogP contribution in [0, 0.1) is 0 Å². The van der Waals surface area contributed by atoms with Crippen molar-refractivity contribution in [1.82, 2.24) is 14.9 Å². The lowest BCUT2D eigenvalue weighted by Gasteiger charge is -2.16. The molecular weight excluding hydrogens is 246 g/mol. The van der Waals surface area contributed by atoms with E-state index in [0.29, 0.717) is 0 Å². The van der Waals surface area contributed by atoms with E-state index in [1.807, 2.05) is 26.5 Å². The van der Waals surface area contributed by atoms with Crippen LogP contribution < -0.4 is 5.32 Å². The Kier molecular flexibility index (Phi) is 3.52. The molecule has 1 N–H and O–H groups in total. The van der Waals surface area contributed by atoms with Gasteiger partial charge in [-0.05, 0) is 29.8 Å². The first-order valence-electron chi connectivity index (χ1n) is 6.90. The zero-order valence-electron chi connectivity index (χ0n) is 11.9. The van der Waals surface area contributed by atoms with Crippen molar-refractivity contribution in [3.63, 3.8) is 0 Å². The number of benzene rings is 2. The lowest BCUT2D eigenvalue weighted by Crippen LogP contribution is -2.22. The summed E-state index contributed by atoms with van der Waals surface area (Å²) in [4.78, 5) is 4.45. The largest absolute Gasteiger partial charge is 0.337 e. The first kappa shape index (κ1) is 12.9. The molecule has 3 rings (SSSR count). The summed E-state index contributed by atoms with van der Waals surface area (Å²) in [5, 5.41) is 5.94. The molecule has 0 amide bonds. The summed E-state index contributed by atoms with van der Waals surface area (Å²) in [5.41, 5.74) is 1.33. The van der Waals surface area contributed by atoms with E-state index in [2.05, 4.69) is 57.3 Å². The minimum absolute atomic E-state index is 0.233. The molecule has 0 aliphatic heterocycles. The summed E-state index contributed by atoms with van der Waals surface area (Å²) in [7, 11) is 4.02. The molecule has 1 unspecified atom stereocenters. The molecule has 0 aliphatic rings. The smallest absolute Gasteiger partial charge is 0.125 e. The average molecular weight is 265 g/mol. The predicted octanol–water partition coefficient (Wildman–Crippen LogP) is 3.08. The van der Waals surface area contributed by atoms with Crippen LogP contribution in [0.25, 0.3) is 10.8 Å². The highest BCUT2D eigenvalue weighted by molar-refractivity contribution is 5.82. The van der Waals surface area contributed by atoms with Crippen LogP contribution in [-0.4, -0.2) is 16.6 Å². The van der Waals surface area contributed by atoms with Crippen LogP contribution in [0.3, 0.4) is 0 Å². The second-order valence-corrected chi connectivity index (χ2v) is 5.12. The molecule has 20 heavy (non-hydrogen) atoms. The van der Waals surface area contributed by atoms with Gasteiger partial charge >= 0.3 is 0 Å². The second kappa shape index (κ2) is 5.47. The van der Waals surface area contributed by atoms with E-state index >= 15 is 0 Å². The van der Waals surface area contributed by atoms with E-state index in [-0.39, 0.29) is 6.04 Å². The maximum Gasteiger partial charge on any atom is 0.125 e. The maximum atomic E-state index is 4.45. The van der Waals surface area contributed by atoms with Crippen LogP contribution in [0.4, 0.5) is 0 Å². The predicted molar refractivity (Wildman–Crippen MR) is 82.7 cm³/mol. The quantitative estimate of drug-likeness (QED) is 0.785. The van der Waals surface area contributed by atoms with Crippen molar-refractivity contribution in [3.8, 4) is 0 Å². The fourth-order valence-electron chi connectivity index (χ4n) is 2.64. The van der Waals surface area contributed by atoms with Crippen molar-refractivity contribution < 1.29 is 0 Å². The molecule has 2 aromatic carbocycles. The van der Waals surface area contributed by atoms with Crippen molar-refractivity contribution in [1.29, 1.82) is 0 Å². The van der Waals surface area contributed by atoms with Crippen molar-refractivity contribution in [3.05, 3.63) is 66.2 Å². The van der Waals surface area contributed by atoms with Gasteiger partial charge in [0.2, 0.25) is 0 Å². The number of hydrogen-bond donors (Lipinski definition) is 1. The number of nitrogens with one attached hydrogen (secondary N) is 1. The van der Waals surface area contributed by atoms with E-state index in [0.717, 1.165) is 12.2 Å². The third kappa shape index (κ3) is 2.45. The van der Waals surface area contributed by atoms with Crippen LogP contribution in [0.15, 0.2) is 54.9 Å². The van der Waals surface area contributed by atoms with Gasteiger partial charge in [0.15, 0.2) is 0 Å². The fraction of sp³-hybridized carbons (Fsp3) is 0.235. The van der Waals surface area contributed by atoms with Crippen LogP contribution in [0.5, 0.6) is 0 Å². The summed E-state index contributed by atoms with van der Waals surface area (Å²) in [6.07, 6.45) is 4.77. The third-order valence-corrected chi connectivity index (χ3v) is 3.77. The SMILES string of the molecule is CNC(Cc1ccc2ccccc2c1)c1nccn1C. The standard InChI is InChI=1S/C17H19N3/c1-18-16(17-19-9-10-20(17)2)12-13-7-8-14-5-3-4-6-15(14)11-13/h3-11,16,18H,12H2,1-2H3. The highest BCUT2D eigenvalue weighted by atomic mass is 15.1. The number of rotatable bonds is 4. The van der Waals surface area contributed by atoms with Crippen LogP contribution >= 0.6 is 0 Å². The monoisotopic (exact) mass is 265 g/mol. The van der Waals surface area contributed by atoms with Crippen LogP contribution in [0.2, 0.25) is 0 Å². The van der Waals surface area contributed by atoms with E-state index in [9.17, 15) is 0 Å². The molecule has 0 spiro atoms. The Morgan fingerprint density at radius 2 is 1.95 bits per heavy atom. The Bertz CT molecular complexity index is 715. The lowest BCUT2D eigenvalue weighted by atomic mass is 10.0. The molecule has 0 bridgehead atoms. The van der Waals surface area contributed by atoms with E-state index < -0.39 is 0 Å². The van der Waals surface area contributed by atoms with Crippen LogP contribution in [0.1, 0.15) is 17.4 Å². The molecule has 1 heterocycles. The van der Waals surface area contributed by atoms with Gasteiger partial charge in [0.1, 0.15) is 5.82 Å². The molecule has 3 aromatic rings. The maximum absolute atomic E-state index is 4.45. The topological polar surface area (TPSA) is 29.9 Å². The number of fused-ring (bicyclic) bond motifs is 1. The minimum Gasteiger partial charge on any atom is -0.337 e. The second-order valence-electron chi connectivity index (χ2n) is 5.12. The van der Waals surface area contributed by atoms with Crippen molar-refractivity contribution in [2.75, 3.05) is 7.05 Å². The highest BCUT2D eigenvalue weighted by Gasteiger charge is 2.14. The molecule has 3 heteroatoms. The molecular formula is C17H19N3. The molecule has 0 fully saturated rings. The number of hydrogen-bond acceptors (Lipinski definition) is 2. The molecule has 1 aromatic heterocycles. The van der Waals surface area contributed by atoms with Gasteiger partial charge < -0.3 is 9.88 Å². The van der Waals surface area contributed by atoms with Gasteiger partial charge in [-0.1, -0.05) is 42.5 Å². The Morgan fingerprint density at radius 3 is 2.65 bits per heavy atom. The van der Waals surface area contributed by atoms with Crippen molar-refractivity contribution in [2.24, 2.45) is 7.05 Å². The van der Waals surface area contributed by atoms with E-state index in [1.54, 1.807) is 0 Å². The zero-order chi connectivity index (χ0) is 13.9. The molecule has 0 saturated carbocycles. The van der Waals surface area contributed by atoms with Gasteiger partial charge in [-0.2, -0.15) is 0 Å².